The van der Waals surface area contributed by atoms with Gasteiger partial charge in [0.05, 0.1) is 11.8 Å². The predicted octanol–water partition coefficient (Wildman–Crippen LogP) is 4.61. The zero-order chi connectivity index (χ0) is 18.0. The number of anilines is 1. The van der Waals surface area contributed by atoms with Crippen LogP contribution in [0.5, 0.6) is 0 Å². The molecule has 1 atom stereocenters. The lowest BCUT2D eigenvalue weighted by atomic mass is 9.92. The molecule has 2 aromatic rings. The number of halogens is 2. The smallest absolute Gasteiger partial charge is 0.248 e. The summed E-state index contributed by atoms with van der Waals surface area (Å²) < 4.78 is 32.0. The lowest BCUT2D eigenvalue weighted by Crippen LogP contribution is -2.32. The van der Waals surface area contributed by atoms with Gasteiger partial charge in [-0.25, -0.2) is 23.7 Å². The van der Waals surface area contributed by atoms with Gasteiger partial charge >= 0.3 is 0 Å². The van der Waals surface area contributed by atoms with Gasteiger partial charge in [-0.3, -0.25) is 0 Å². The van der Waals surface area contributed by atoms with E-state index in [1.54, 1.807) is 7.11 Å². The van der Waals surface area contributed by atoms with Crippen molar-refractivity contribution in [3.63, 3.8) is 0 Å². The average Bonchev–Trinajstić information content (AvgIpc) is 3.02. The lowest BCUT2D eigenvalue weighted by Gasteiger charge is -2.29. The highest BCUT2D eigenvalue weighted by Gasteiger charge is 2.35. The van der Waals surface area contributed by atoms with Crippen LogP contribution in [0.25, 0.3) is 10.7 Å². The van der Waals surface area contributed by atoms with Gasteiger partial charge in [0.1, 0.15) is 10.7 Å². The van der Waals surface area contributed by atoms with Crippen LogP contribution in [0.2, 0.25) is 0 Å². The Morgan fingerprint density at radius 1 is 1.28 bits per heavy atom. The van der Waals surface area contributed by atoms with Crippen LogP contribution in [0.15, 0.2) is 11.4 Å². The second kappa shape index (κ2) is 7.29. The van der Waals surface area contributed by atoms with Gasteiger partial charge in [-0.15, -0.1) is 11.3 Å². The van der Waals surface area contributed by atoms with Crippen molar-refractivity contribution in [1.82, 2.24) is 15.0 Å². The van der Waals surface area contributed by atoms with Crippen LogP contribution in [0.1, 0.15) is 50.1 Å². The van der Waals surface area contributed by atoms with Crippen LogP contribution in [0.4, 0.5) is 14.7 Å². The van der Waals surface area contributed by atoms with Crippen molar-refractivity contribution in [2.24, 2.45) is 0 Å². The first kappa shape index (κ1) is 18.1. The minimum Gasteiger partial charge on any atom is -0.375 e. The molecule has 0 aromatic carbocycles. The number of nitrogens with one attached hydrogen (secondary N) is 1. The van der Waals surface area contributed by atoms with Gasteiger partial charge in [-0.1, -0.05) is 0 Å². The van der Waals surface area contributed by atoms with Crippen molar-refractivity contribution in [3.8, 4) is 10.7 Å². The van der Waals surface area contributed by atoms with Crippen molar-refractivity contribution in [1.29, 1.82) is 0 Å². The summed E-state index contributed by atoms with van der Waals surface area (Å²) in [6, 6.07) is 1.82. The van der Waals surface area contributed by atoms with E-state index < -0.39 is 5.92 Å². The van der Waals surface area contributed by atoms with E-state index in [4.69, 9.17) is 4.74 Å². The Hall–Kier alpha value is -1.67. The van der Waals surface area contributed by atoms with E-state index in [1.165, 1.54) is 11.3 Å². The van der Waals surface area contributed by atoms with E-state index in [-0.39, 0.29) is 25.0 Å². The molecule has 0 aliphatic heterocycles. The van der Waals surface area contributed by atoms with Crippen LogP contribution in [-0.2, 0) is 4.74 Å². The summed E-state index contributed by atoms with van der Waals surface area (Å²) in [4.78, 5) is 13.5. The average molecular weight is 368 g/mol. The fraction of sp³-hybridized carbons (Fsp3) is 0.588. The van der Waals surface area contributed by atoms with E-state index in [0.29, 0.717) is 18.8 Å². The highest BCUT2D eigenvalue weighted by molar-refractivity contribution is 7.13. The zero-order valence-electron chi connectivity index (χ0n) is 14.6. The van der Waals surface area contributed by atoms with Crippen LogP contribution < -0.4 is 5.32 Å². The number of alkyl halides is 2. The first-order chi connectivity index (χ1) is 11.9. The molecular formula is C17H22F2N4OS. The van der Waals surface area contributed by atoms with Gasteiger partial charge in [-0.2, -0.15) is 0 Å². The third-order valence-electron chi connectivity index (χ3n) is 4.40. The molecule has 1 fully saturated rings. The molecule has 136 valence electrons. The molecule has 2 aromatic heterocycles. The first-order valence-electron chi connectivity index (χ1n) is 8.35. The lowest BCUT2D eigenvalue weighted by molar-refractivity contribution is -0.0361. The molecule has 2 heterocycles. The SMILES string of the molecule is COC(C)c1cc(-c2nc(C)cs2)nc(NC2CCC(F)(F)CC2)n1. The van der Waals surface area contributed by atoms with Gasteiger partial charge in [0.2, 0.25) is 11.9 Å². The number of nitrogens with zero attached hydrogens (tertiary/aromatic N) is 3. The second-order valence-corrected chi connectivity index (χ2v) is 7.31. The maximum atomic E-state index is 13.3. The topological polar surface area (TPSA) is 59.9 Å². The van der Waals surface area contributed by atoms with Gasteiger partial charge < -0.3 is 10.1 Å². The molecular weight excluding hydrogens is 346 g/mol. The minimum absolute atomic E-state index is 0.0430. The zero-order valence-corrected chi connectivity index (χ0v) is 15.4. The standard InChI is InChI=1S/C17H22F2N4OS/c1-10-9-25-15(20-10)14-8-13(11(2)24-3)22-16(23-14)21-12-4-6-17(18,19)7-5-12/h8-9,11-12H,4-7H2,1-3H3,(H,21,22,23). The third-order valence-corrected chi connectivity index (χ3v) is 5.39. The van der Waals surface area contributed by atoms with Crippen LogP contribution in [0, 0.1) is 6.92 Å². The first-order valence-corrected chi connectivity index (χ1v) is 9.23. The molecule has 25 heavy (non-hydrogen) atoms. The largest absolute Gasteiger partial charge is 0.375 e. The van der Waals surface area contributed by atoms with Crippen molar-refractivity contribution in [3.05, 3.63) is 22.8 Å². The molecule has 1 saturated carbocycles. The number of ether oxygens (including phenoxy) is 1. The number of methoxy groups -OCH3 is 1. The van der Waals surface area contributed by atoms with E-state index in [9.17, 15) is 8.78 Å². The van der Waals surface area contributed by atoms with Gasteiger partial charge in [0, 0.05) is 37.1 Å². The second-order valence-electron chi connectivity index (χ2n) is 6.45. The Bertz CT molecular complexity index is 727. The normalized spacial score (nSPS) is 18.9. The molecule has 1 aliphatic rings. The van der Waals surface area contributed by atoms with Crippen molar-refractivity contribution in [2.45, 2.75) is 57.6 Å². The van der Waals surface area contributed by atoms with E-state index in [2.05, 4.69) is 20.3 Å². The monoisotopic (exact) mass is 368 g/mol. The number of hydrogen-bond donors (Lipinski definition) is 1. The summed E-state index contributed by atoms with van der Waals surface area (Å²) in [5.41, 5.74) is 2.39. The molecule has 0 spiro atoms. The number of aromatic nitrogens is 3. The molecule has 8 heteroatoms. The van der Waals surface area contributed by atoms with Crippen molar-refractivity contribution in [2.75, 3.05) is 12.4 Å². The number of thiazole rings is 1. The molecule has 0 bridgehead atoms. The van der Waals surface area contributed by atoms with Gasteiger partial charge in [0.15, 0.2) is 0 Å². The van der Waals surface area contributed by atoms with E-state index in [1.807, 2.05) is 25.3 Å². The number of rotatable bonds is 5. The van der Waals surface area contributed by atoms with Crippen molar-refractivity contribution < 1.29 is 13.5 Å². The fourth-order valence-electron chi connectivity index (χ4n) is 2.81. The van der Waals surface area contributed by atoms with Gasteiger partial charge in [0.25, 0.3) is 0 Å². The number of aryl methyl sites for hydroxylation is 1. The Morgan fingerprint density at radius 2 is 2.00 bits per heavy atom. The maximum absolute atomic E-state index is 13.3. The van der Waals surface area contributed by atoms with Crippen LogP contribution >= 0.6 is 11.3 Å². The van der Waals surface area contributed by atoms with Crippen LogP contribution in [-0.4, -0.2) is 34.0 Å². The van der Waals surface area contributed by atoms with E-state index >= 15 is 0 Å². The van der Waals surface area contributed by atoms with Crippen molar-refractivity contribution >= 4 is 17.3 Å². The summed E-state index contributed by atoms with van der Waals surface area (Å²) in [7, 11) is 1.62. The Labute approximate surface area is 149 Å². The molecule has 5 nitrogen and oxygen atoms in total. The molecule has 0 radical (unpaired) electrons. The summed E-state index contributed by atoms with van der Waals surface area (Å²) in [6.07, 6.45) is 0.423. The van der Waals surface area contributed by atoms with E-state index in [0.717, 1.165) is 22.1 Å². The number of hydrogen-bond acceptors (Lipinski definition) is 6. The minimum atomic E-state index is -2.55. The fourth-order valence-corrected chi connectivity index (χ4v) is 3.56. The molecule has 1 unspecified atom stereocenters. The summed E-state index contributed by atoms with van der Waals surface area (Å²) >= 11 is 1.52. The summed E-state index contributed by atoms with van der Waals surface area (Å²) in [5, 5.41) is 5.99. The molecule has 0 amide bonds. The molecule has 1 aliphatic carbocycles. The maximum Gasteiger partial charge on any atom is 0.248 e. The summed E-state index contributed by atoms with van der Waals surface area (Å²) in [6.45, 7) is 3.84. The quantitative estimate of drug-likeness (QED) is 0.835. The Balaban J connectivity index is 1.85. The molecule has 0 saturated heterocycles. The highest BCUT2D eigenvalue weighted by Crippen LogP contribution is 2.34. The third kappa shape index (κ3) is 4.49. The molecule has 1 N–H and O–H groups in total. The van der Waals surface area contributed by atoms with Crippen LogP contribution in [0.3, 0.4) is 0 Å². The highest BCUT2D eigenvalue weighted by atomic mass is 32.1. The Morgan fingerprint density at radius 3 is 2.60 bits per heavy atom. The molecule has 3 rings (SSSR count). The van der Waals surface area contributed by atoms with Gasteiger partial charge in [-0.05, 0) is 32.8 Å². The predicted molar refractivity (Wildman–Crippen MR) is 94.1 cm³/mol. The Kier molecular flexibility index (Phi) is 5.29. The summed E-state index contributed by atoms with van der Waals surface area (Å²) in [5.74, 6) is -2.10.